The van der Waals surface area contributed by atoms with Crippen molar-refractivity contribution in [2.24, 2.45) is 10.4 Å². The average molecular weight is 558 g/mol. The lowest BCUT2D eigenvalue weighted by atomic mass is 9.68. The van der Waals surface area contributed by atoms with Crippen molar-refractivity contribution in [3.63, 3.8) is 0 Å². The van der Waals surface area contributed by atoms with Gasteiger partial charge in [0.2, 0.25) is 17.7 Å². The number of carbonyl (C=O) groups excluding carboxylic acids is 3. The minimum atomic E-state index is -1.58. The molecule has 1 atom stereocenters. The first-order chi connectivity index (χ1) is 19.7. The fraction of sp³-hybridized carbons (Fsp3) is 0.286. The molecule has 210 valence electrons. The van der Waals surface area contributed by atoms with Gasteiger partial charge in [-0.2, -0.15) is 0 Å². The Hall–Kier alpha value is -5.20. The van der Waals surface area contributed by atoms with E-state index in [4.69, 9.17) is 0 Å². The highest BCUT2D eigenvalue weighted by Gasteiger charge is 2.60. The van der Waals surface area contributed by atoms with Gasteiger partial charge < -0.3 is 14.9 Å². The predicted molar refractivity (Wildman–Crippen MR) is 150 cm³/mol. The van der Waals surface area contributed by atoms with E-state index in [0.29, 0.717) is 30.9 Å². The molecule has 0 radical (unpaired) electrons. The van der Waals surface area contributed by atoms with Crippen LogP contribution in [0.3, 0.4) is 0 Å². The summed E-state index contributed by atoms with van der Waals surface area (Å²) in [5.74, 6) is -1.82. The Morgan fingerprint density at radius 2 is 1.76 bits per heavy atom. The Morgan fingerprint density at radius 1 is 1.02 bits per heavy atom. The number of aromatic hydroxyl groups is 1. The largest absolute Gasteiger partial charge is 0.494 e. The number of nitrogens with zero attached hydrogens (tertiary/aromatic N) is 4. The number of anilines is 2. The van der Waals surface area contributed by atoms with E-state index < -0.39 is 46.4 Å². The zero-order valence-corrected chi connectivity index (χ0v) is 22.1. The fourth-order valence-corrected chi connectivity index (χ4v) is 6.01. The number of para-hydroxylation sites is 1. The van der Waals surface area contributed by atoms with Crippen molar-refractivity contribution in [2.75, 3.05) is 29.4 Å². The Bertz CT molecular complexity index is 1710. The second-order valence-corrected chi connectivity index (χ2v) is 10.2. The van der Waals surface area contributed by atoms with E-state index in [1.165, 1.54) is 6.21 Å². The van der Waals surface area contributed by atoms with E-state index in [2.05, 4.69) is 25.5 Å². The van der Waals surface area contributed by atoms with E-state index in [0.717, 1.165) is 15.9 Å². The molecular weight excluding hydrogens is 530 g/mol. The van der Waals surface area contributed by atoms with Crippen molar-refractivity contribution in [1.29, 1.82) is 0 Å². The molecule has 4 amide bonds. The maximum atomic E-state index is 13.5. The summed E-state index contributed by atoms with van der Waals surface area (Å²) >= 11 is 0. The number of urea groups is 1. The van der Waals surface area contributed by atoms with Crippen LogP contribution >= 0.6 is 0 Å². The smallest absolute Gasteiger partial charge is 0.331 e. The first-order valence-electron chi connectivity index (χ1n) is 13.2. The van der Waals surface area contributed by atoms with Crippen LogP contribution in [0.4, 0.5) is 21.9 Å². The molecule has 0 aliphatic carbocycles. The normalized spacial score (nSPS) is 19.6. The summed E-state index contributed by atoms with van der Waals surface area (Å²) in [5, 5.41) is 15.0. The van der Waals surface area contributed by atoms with Crippen LogP contribution in [-0.4, -0.2) is 64.4 Å². The topological polar surface area (TPSA) is 169 Å². The third-order valence-corrected chi connectivity index (χ3v) is 8.04. The summed E-state index contributed by atoms with van der Waals surface area (Å²) in [6, 6.07) is 13.6. The number of hydrogen-bond donors (Lipinski definition) is 4. The third kappa shape index (κ3) is 4.17. The van der Waals surface area contributed by atoms with Crippen molar-refractivity contribution in [3.05, 3.63) is 80.5 Å². The lowest BCUT2D eigenvalue weighted by Crippen LogP contribution is -2.74. The van der Waals surface area contributed by atoms with Crippen LogP contribution in [0.2, 0.25) is 0 Å². The number of imide groups is 2. The summed E-state index contributed by atoms with van der Waals surface area (Å²) in [4.78, 5) is 73.9. The molecule has 2 fully saturated rings. The van der Waals surface area contributed by atoms with Gasteiger partial charge in [0.25, 0.3) is 5.56 Å². The average Bonchev–Trinajstić information content (AvgIpc) is 2.95. The molecule has 13 nitrogen and oxygen atoms in total. The number of piperazine rings is 1. The number of fused-ring (bicyclic) bond motifs is 4. The molecule has 13 heteroatoms. The lowest BCUT2D eigenvalue weighted by molar-refractivity contribution is -0.146. The molecule has 6 rings (SSSR count). The Morgan fingerprint density at radius 3 is 2.46 bits per heavy atom. The molecule has 2 saturated heterocycles. The van der Waals surface area contributed by atoms with Crippen molar-refractivity contribution >= 4 is 41.1 Å². The van der Waals surface area contributed by atoms with Crippen LogP contribution < -0.4 is 31.7 Å². The van der Waals surface area contributed by atoms with Crippen LogP contribution in [0.1, 0.15) is 18.1 Å². The fourth-order valence-electron chi connectivity index (χ4n) is 6.01. The molecule has 1 unspecified atom stereocenters. The molecule has 3 aliphatic heterocycles. The molecule has 0 bridgehead atoms. The van der Waals surface area contributed by atoms with Gasteiger partial charge in [0.15, 0.2) is 5.41 Å². The second kappa shape index (κ2) is 9.77. The van der Waals surface area contributed by atoms with Gasteiger partial charge in [-0.3, -0.25) is 39.6 Å². The highest BCUT2D eigenvalue weighted by molar-refractivity contribution is 6.20. The molecule has 4 N–H and O–H groups in total. The van der Waals surface area contributed by atoms with Crippen LogP contribution in [0.15, 0.2) is 63.1 Å². The molecule has 41 heavy (non-hydrogen) atoms. The van der Waals surface area contributed by atoms with Crippen LogP contribution in [0, 0.1) is 5.41 Å². The van der Waals surface area contributed by atoms with Gasteiger partial charge in [0, 0.05) is 43.8 Å². The number of carbonyl (C=O) groups is 3. The van der Waals surface area contributed by atoms with Crippen molar-refractivity contribution in [2.45, 2.75) is 25.9 Å². The number of barbiturate groups is 1. The van der Waals surface area contributed by atoms with Gasteiger partial charge in [0.05, 0.1) is 11.7 Å². The van der Waals surface area contributed by atoms with Crippen molar-refractivity contribution in [3.8, 4) is 5.88 Å². The van der Waals surface area contributed by atoms with Gasteiger partial charge in [-0.15, -0.1) is 0 Å². The third-order valence-electron chi connectivity index (χ3n) is 8.04. The maximum absolute atomic E-state index is 13.5. The first kappa shape index (κ1) is 26.0. The molecule has 1 spiro atoms. The zero-order chi connectivity index (χ0) is 28.9. The summed E-state index contributed by atoms with van der Waals surface area (Å²) in [5.41, 5.74) is -0.386. The lowest BCUT2D eigenvalue weighted by Gasteiger charge is -2.54. The summed E-state index contributed by atoms with van der Waals surface area (Å²) < 4.78 is 1.01. The quantitative estimate of drug-likeness (QED) is 0.267. The van der Waals surface area contributed by atoms with E-state index in [9.17, 15) is 29.1 Å². The minimum Gasteiger partial charge on any atom is -0.494 e. The Balaban J connectivity index is 1.40. The van der Waals surface area contributed by atoms with E-state index in [-0.39, 0.29) is 18.5 Å². The highest BCUT2D eigenvalue weighted by Crippen LogP contribution is 2.45. The van der Waals surface area contributed by atoms with Gasteiger partial charge >= 0.3 is 11.7 Å². The minimum absolute atomic E-state index is 0.0208. The summed E-state index contributed by atoms with van der Waals surface area (Å²) in [7, 11) is 0. The number of aromatic nitrogens is 2. The molecular formula is C28H27N7O6. The molecule has 0 saturated carbocycles. The van der Waals surface area contributed by atoms with Gasteiger partial charge in [-0.25, -0.2) is 9.59 Å². The first-order valence-corrected chi connectivity index (χ1v) is 13.2. The number of aliphatic imine (C=N–C) groups is 1. The predicted octanol–water partition coefficient (Wildman–Crippen LogP) is 0.616. The van der Waals surface area contributed by atoms with E-state index in [1.807, 2.05) is 41.3 Å². The Kier molecular flexibility index (Phi) is 6.20. The standard InChI is InChI=1S/C28H27N7O6/c1-2-34-23(37)19(22(36)30-27(34)41)14-29-17-8-9-20-16(12-17)13-28(24(38)31-26(40)32-25(28)39)21-15-33(10-11-35(20)21)18-6-4-3-5-7-18/h3-9,12,14,21,37H,2,10-11,13,15H2,1H3,(H,30,36,41)(H2,31,32,38,39,40). The molecule has 4 heterocycles. The van der Waals surface area contributed by atoms with Crippen molar-refractivity contribution in [1.82, 2.24) is 20.2 Å². The van der Waals surface area contributed by atoms with E-state index >= 15 is 0 Å². The Labute approximate surface area is 233 Å². The number of benzene rings is 2. The maximum Gasteiger partial charge on any atom is 0.331 e. The number of H-pyrrole nitrogens is 1. The number of amides is 4. The number of nitrogens with one attached hydrogen (secondary N) is 3. The number of aromatic amines is 1. The van der Waals surface area contributed by atoms with Crippen LogP contribution in [-0.2, 0) is 22.6 Å². The van der Waals surface area contributed by atoms with Gasteiger partial charge in [-0.1, -0.05) is 18.2 Å². The van der Waals surface area contributed by atoms with Gasteiger partial charge in [0.1, 0.15) is 5.56 Å². The van der Waals surface area contributed by atoms with Gasteiger partial charge in [-0.05, 0) is 49.2 Å². The number of rotatable bonds is 4. The van der Waals surface area contributed by atoms with Crippen molar-refractivity contribution < 1.29 is 19.5 Å². The van der Waals surface area contributed by atoms with E-state index in [1.54, 1.807) is 19.1 Å². The van der Waals surface area contributed by atoms with Crippen LogP contribution in [0.25, 0.3) is 0 Å². The molecule has 1 aromatic heterocycles. The summed E-state index contributed by atoms with van der Waals surface area (Å²) in [6.45, 7) is 3.35. The molecule has 3 aromatic rings. The molecule has 3 aliphatic rings. The summed E-state index contributed by atoms with van der Waals surface area (Å²) in [6.07, 6.45) is 1.19. The number of hydrogen-bond acceptors (Lipinski definition) is 9. The monoisotopic (exact) mass is 557 g/mol. The highest BCUT2D eigenvalue weighted by atomic mass is 16.3. The zero-order valence-electron chi connectivity index (χ0n) is 22.1. The van der Waals surface area contributed by atoms with Crippen LogP contribution in [0.5, 0.6) is 5.88 Å². The SMILES string of the molecule is CCn1c(O)c(C=Nc2ccc3c(c2)CC2(C(=O)NC(=O)NC2=O)C2CN(c4ccccc4)CCN32)c(=O)[nH]c1=O. The second-order valence-electron chi connectivity index (χ2n) is 10.2. The molecule has 2 aromatic carbocycles.